The highest BCUT2D eigenvalue weighted by Gasteiger charge is 2.26. The number of hydrogen-bond acceptors (Lipinski definition) is 5. The van der Waals surface area contributed by atoms with Crippen molar-refractivity contribution in [2.24, 2.45) is 0 Å². The molecule has 4 rings (SSSR count). The van der Waals surface area contributed by atoms with Gasteiger partial charge in [-0.1, -0.05) is 6.07 Å². The first-order valence-corrected chi connectivity index (χ1v) is 11.6. The monoisotopic (exact) mass is 520 g/mol. The highest BCUT2D eigenvalue weighted by Crippen LogP contribution is 2.36. The number of aryl methyl sites for hydroxylation is 1. The SMILES string of the molecule is COc1ccc(C(=O)NC(=O)Nc2ccc3c(c2)NC(=O)/C3=C\c2[nH]c(C)c(CCC(=O)O)c2C)c(F)c1. The molecule has 3 aromatic rings. The van der Waals surface area contributed by atoms with Crippen LogP contribution < -0.4 is 20.7 Å². The number of benzene rings is 2. The minimum Gasteiger partial charge on any atom is -0.497 e. The molecule has 1 aliphatic heterocycles. The van der Waals surface area contributed by atoms with Crippen LogP contribution in [0, 0.1) is 19.7 Å². The molecular formula is C27H25FN4O6. The predicted octanol–water partition coefficient (Wildman–Crippen LogP) is 4.25. The van der Waals surface area contributed by atoms with Gasteiger partial charge in [-0.2, -0.15) is 0 Å². The summed E-state index contributed by atoms with van der Waals surface area (Å²) in [5.41, 5.74) is 4.74. The smallest absolute Gasteiger partial charge is 0.326 e. The van der Waals surface area contributed by atoms with E-state index in [0.29, 0.717) is 34.6 Å². The summed E-state index contributed by atoms with van der Waals surface area (Å²) in [5.74, 6) is -2.76. The van der Waals surface area contributed by atoms with E-state index in [0.717, 1.165) is 22.9 Å². The largest absolute Gasteiger partial charge is 0.497 e. The molecule has 0 spiro atoms. The molecule has 0 aliphatic carbocycles. The van der Waals surface area contributed by atoms with Crippen LogP contribution in [0.15, 0.2) is 36.4 Å². The number of nitrogens with one attached hydrogen (secondary N) is 4. The van der Waals surface area contributed by atoms with Crippen LogP contribution in [0.25, 0.3) is 11.6 Å². The molecule has 0 fully saturated rings. The van der Waals surface area contributed by atoms with Gasteiger partial charge in [-0.05, 0) is 61.7 Å². The standard InChI is InChI=1S/C27H25FN4O6/c1-13-17(8-9-24(33)34)14(2)29-22(13)12-20-18-6-4-15(10-23(18)31-26(20)36)30-27(37)32-25(35)19-7-5-16(38-3)11-21(19)28/h4-7,10-12,29H,8-9H2,1-3H3,(H,31,36)(H,33,34)(H2,30,32,35,37)/b20-12-. The Bertz CT molecular complexity index is 1510. The van der Waals surface area contributed by atoms with E-state index in [9.17, 15) is 23.6 Å². The molecule has 0 saturated heterocycles. The quantitative estimate of drug-likeness (QED) is 0.294. The van der Waals surface area contributed by atoms with E-state index in [1.807, 2.05) is 13.8 Å². The summed E-state index contributed by atoms with van der Waals surface area (Å²) >= 11 is 0. The number of aromatic nitrogens is 1. The average molecular weight is 521 g/mol. The van der Waals surface area contributed by atoms with Gasteiger partial charge in [-0.15, -0.1) is 0 Å². The number of anilines is 2. The third-order valence-electron chi connectivity index (χ3n) is 6.22. The van der Waals surface area contributed by atoms with Crippen LogP contribution >= 0.6 is 0 Å². The van der Waals surface area contributed by atoms with E-state index in [1.165, 1.54) is 25.3 Å². The zero-order valence-corrected chi connectivity index (χ0v) is 20.8. The van der Waals surface area contributed by atoms with Crippen molar-refractivity contribution in [2.45, 2.75) is 26.7 Å². The first kappa shape index (κ1) is 26.1. The van der Waals surface area contributed by atoms with Crippen LogP contribution in [0.4, 0.5) is 20.6 Å². The molecule has 0 radical (unpaired) electrons. The van der Waals surface area contributed by atoms with E-state index in [2.05, 4.69) is 20.9 Å². The summed E-state index contributed by atoms with van der Waals surface area (Å²) in [5, 5.41) is 16.3. The minimum absolute atomic E-state index is 0.00283. The maximum atomic E-state index is 14.1. The summed E-state index contributed by atoms with van der Waals surface area (Å²) in [6.45, 7) is 3.72. The Hall–Kier alpha value is -4.93. The second-order valence-electron chi connectivity index (χ2n) is 8.69. The normalized spacial score (nSPS) is 13.2. The number of aliphatic carboxylic acids is 1. The lowest BCUT2D eigenvalue weighted by atomic mass is 10.0. The van der Waals surface area contributed by atoms with Crippen LogP contribution in [0.3, 0.4) is 0 Å². The highest BCUT2D eigenvalue weighted by atomic mass is 19.1. The number of hydrogen-bond donors (Lipinski definition) is 5. The number of rotatable bonds is 7. The first-order chi connectivity index (χ1) is 18.1. The number of urea groups is 1. The second kappa shape index (κ2) is 10.6. The lowest BCUT2D eigenvalue weighted by molar-refractivity contribution is -0.137. The summed E-state index contributed by atoms with van der Waals surface area (Å²) in [4.78, 5) is 51.5. The van der Waals surface area contributed by atoms with Crippen molar-refractivity contribution in [2.75, 3.05) is 17.7 Å². The molecule has 0 atom stereocenters. The predicted molar refractivity (Wildman–Crippen MR) is 139 cm³/mol. The van der Waals surface area contributed by atoms with Crippen molar-refractivity contribution >= 4 is 46.8 Å². The number of methoxy groups -OCH3 is 1. The number of carboxylic acids is 1. The van der Waals surface area contributed by atoms with E-state index < -0.39 is 23.7 Å². The zero-order valence-electron chi connectivity index (χ0n) is 20.8. The molecule has 2 aromatic carbocycles. The van der Waals surface area contributed by atoms with Crippen LogP contribution in [0.2, 0.25) is 0 Å². The lowest BCUT2D eigenvalue weighted by Gasteiger charge is -2.09. The Labute approximate surface area is 216 Å². The topological polar surface area (TPSA) is 150 Å². The molecule has 0 unspecified atom stereocenters. The van der Waals surface area contributed by atoms with Gasteiger partial charge in [0.15, 0.2) is 0 Å². The molecule has 4 amide bonds. The number of ether oxygens (including phenoxy) is 1. The van der Waals surface area contributed by atoms with Crippen LogP contribution in [-0.2, 0) is 16.0 Å². The fourth-order valence-electron chi connectivity index (χ4n) is 4.27. The van der Waals surface area contributed by atoms with Crippen molar-refractivity contribution < 1.29 is 33.4 Å². The van der Waals surface area contributed by atoms with Gasteiger partial charge in [0.05, 0.1) is 23.9 Å². The van der Waals surface area contributed by atoms with Gasteiger partial charge in [-0.25, -0.2) is 9.18 Å². The lowest BCUT2D eigenvalue weighted by Crippen LogP contribution is -2.34. The summed E-state index contributed by atoms with van der Waals surface area (Å²) in [6, 6.07) is 7.52. The maximum absolute atomic E-state index is 14.1. The van der Waals surface area contributed by atoms with Crippen molar-refractivity contribution in [3.8, 4) is 5.75 Å². The maximum Gasteiger partial charge on any atom is 0.326 e. The van der Waals surface area contributed by atoms with Gasteiger partial charge in [-0.3, -0.25) is 19.7 Å². The molecule has 2 heterocycles. The highest BCUT2D eigenvalue weighted by molar-refractivity contribution is 6.35. The average Bonchev–Trinajstić information content (AvgIpc) is 3.31. The van der Waals surface area contributed by atoms with Gasteiger partial charge < -0.3 is 25.5 Å². The van der Waals surface area contributed by atoms with E-state index in [4.69, 9.17) is 9.84 Å². The zero-order chi connectivity index (χ0) is 27.6. The summed E-state index contributed by atoms with van der Waals surface area (Å²) in [7, 11) is 1.36. The number of carbonyl (C=O) groups excluding carboxylic acids is 3. The van der Waals surface area contributed by atoms with Gasteiger partial charge in [0.1, 0.15) is 11.6 Å². The number of H-pyrrole nitrogens is 1. The second-order valence-corrected chi connectivity index (χ2v) is 8.69. The molecular weight excluding hydrogens is 495 g/mol. The number of imide groups is 1. The molecule has 196 valence electrons. The summed E-state index contributed by atoms with van der Waals surface area (Å²) in [6.07, 6.45) is 2.08. The fraction of sp³-hybridized carbons (Fsp3) is 0.185. The fourth-order valence-corrected chi connectivity index (χ4v) is 4.27. The first-order valence-electron chi connectivity index (χ1n) is 11.6. The number of fused-ring (bicyclic) bond motifs is 1. The number of amides is 4. The van der Waals surface area contributed by atoms with Crippen LogP contribution in [0.5, 0.6) is 5.75 Å². The van der Waals surface area contributed by atoms with Crippen LogP contribution in [0.1, 0.15) is 44.9 Å². The Morgan fingerprint density at radius 1 is 1.13 bits per heavy atom. The third kappa shape index (κ3) is 5.41. The third-order valence-corrected chi connectivity index (χ3v) is 6.22. The summed E-state index contributed by atoms with van der Waals surface area (Å²) < 4.78 is 19.0. The molecule has 1 aromatic heterocycles. The molecule has 5 N–H and O–H groups in total. The Morgan fingerprint density at radius 3 is 2.58 bits per heavy atom. The van der Waals surface area contributed by atoms with Crippen molar-refractivity contribution in [1.82, 2.24) is 10.3 Å². The number of aromatic amines is 1. The van der Waals surface area contributed by atoms with Gasteiger partial charge in [0.25, 0.3) is 11.8 Å². The van der Waals surface area contributed by atoms with E-state index in [1.54, 1.807) is 18.2 Å². The molecule has 1 aliphatic rings. The molecule has 10 nitrogen and oxygen atoms in total. The number of carboxylic acid groups (broad SMARTS) is 1. The van der Waals surface area contributed by atoms with E-state index >= 15 is 0 Å². The van der Waals surface area contributed by atoms with Gasteiger partial charge in [0.2, 0.25) is 0 Å². The number of halogens is 1. The molecule has 0 bridgehead atoms. The Morgan fingerprint density at radius 2 is 1.89 bits per heavy atom. The minimum atomic E-state index is -0.929. The Kier molecular flexibility index (Phi) is 7.28. The number of carbonyl (C=O) groups is 4. The Balaban J connectivity index is 1.49. The van der Waals surface area contributed by atoms with Crippen LogP contribution in [-0.4, -0.2) is 41.0 Å². The van der Waals surface area contributed by atoms with Crippen molar-refractivity contribution in [3.63, 3.8) is 0 Å². The molecule has 11 heteroatoms. The molecule has 0 saturated carbocycles. The van der Waals surface area contributed by atoms with E-state index in [-0.39, 0.29) is 23.6 Å². The molecule has 38 heavy (non-hydrogen) atoms. The van der Waals surface area contributed by atoms with Gasteiger partial charge in [0, 0.05) is 35.1 Å². The van der Waals surface area contributed by atoms with Crippen molar-refractivity contribution in [1.29, 1.82) is 0 Å². The van der Waals surface area contributed by atoms with Crippen molar-refractivity contribution in [3.05, 3.63) is 75.9 Å². The van der Waals surface area contributed by atoms with Gasteiger partial charge >= 0.3 is 12.0 Å².